The number of amides is 2. The molecule has 36 heavy (non-hydrogen) atoms. The number of halogens is 1. The minimum Gasteiger partial charge on any atom is -0.497 e. The standard InChI is InChI=1S/C26H32BrN5O3S/c1-29-13-15-30(16-14-29)11-4-12-31-23(18-24(33)28-20-9-7-19(27)8-10-20)25(34)32(26(31)36)21-5-3-6-22(17-21)35-2/h3,5-10,17,23H,4,11-16,18H2,1-2H3,(H,28,33)/t23-/m0/s1. The number of anilines is 2. The highest BCUT2D eigenvalue weighted by Gasteiger charge is 2.44. The summed E-state index contributed by atoms with van der Waals surface area (Å²) >= 11 is 9.19. The molecule has 2 aromatic rings. The van der Waals surface area contributed by atoms with Gasteiger partial charge in [0.15, 0.2) is 5.11 Å². The van der Waals surface area contributed by atoms with E-state index in [0.29, 0.717) is 28.8 Å². The van der Waals surface area contributed by atoms with Crippen LogP contribution in [0.5, 0.6) is 5.75 Å². The van der Waals surface area contributed by atoms with Gasteiger partial charge in [-0.15, -0.1) is 0 Å². The Balaban J connectivity index is 1.48. The Morgan fingerprint density at radius 3 is 2.53 bits per heavy atom. The molecular weight excluding hydrogens is 542 g/mol. The highest BCUT2D eigenvalue weighted by Crippen LogP contribution is 2.30. The van der Waals surface area contributed by atoms with Gasteiger partial charge < -0.3 is 24.8 Å². The van der Waals surface area contributed by atoms with Gasteiger partial charge >= 0.3 is 0 Å². The average Bonchev–Trinajstić information content (AvgIpc) is 3.10. The van der Waals surface area contributed by atoms with E-state index in [1.165, 1.54) is 4.90 Å². The minimum absolute atomic E-state index is 0.0179. The van der Waals surface area contributed by atoms with Crippen LogP contribution in [0.2, 0.25) is 0 Å². The minimum atomic E-state index is -0.661. The second-order valence-corrected chi connectivity index (χ2v) is 10.4. The molecule has 0 radical (unpaired) electrons. The maximum atomic E-state index is 13.6. The number of hydrogen-bond acceptors (Lipinski definition) is 6. The average molecular weight is 575 g/mol. The van der Waals surface area contributed by atoms with E-state index in [1.54, 1.807) is 13.2 Å². The molecule has 0 aliphatic carbocycles. The molecule has 2 aliphatic rings. The molecule has 0 saturated carbocycles. The fraction of sp³-hybridized carbons (Fsp3) is 0.423. The molecule has 0 bridgehead atoms. The number of likely N-dealkylation sites (N-methyl/N-ethyl adjacent to an activating group) is 1. The Morgan fingerprint density at radius 1 is 1.11 bits per heavy atom. The van der Waals surface area contributed by atoms with Crippen molar-refractivity contribution in [2.45, 2.75) is 18.9 Å². The van der Waals surface area contributed by atoms with Crippen LogP contribution in [0.3, 0.4) is 0 Å². The Labute approximate surface area is 226 Å². The summed E-state index contributed by atoms with van der Waals surface area (Å²) in [6.45, 7) is 5.72. The Morgan fingerprint density at radius 2 is 1.83 bits per heavy atom. The number of carbonyl (C=O) groups excluding carboxylic acids is 2. The second-order valence-electron chi connectivity index (χ2n) is 9.12. The number of rotatable bonds is 9. The van der Waals surface area contributed by atoms with Gasteiger partial charge in [-0.1, -0.05) is 22.0 Å². The Kier molecular flexibility index (Phi) is 8.95. The number of hydrogen-bond donors (Lipinski definition) is 1. The maximum absolute atomic E-state index is 13.6. The molecule has 10 heteroatoms. The van der Waals surface area contributed by atoms with Crippen LogP contribution in [-0.4, -0.2) is 91.1 Å². The molecule has 2 saturated heterocycles. The van der Waals surface area contributed by atoms with Gasteiger partial charge in [0, 0.05) is 49.0 Å². The molecule has 0 unspecified atom stereocenters. The van der Waals surface area contributed by atoms with Crippen molar-refractivity contribution in [3.05, 3.63) is 53.0 Å². The van der Waals surface area contributed by atoms with Gasteiger partial charge in [0.25, 0.3) is 5.91 Å². The van der Waals surface area contributed by atoms with Gasteiger partial charge in [0.1, 0.15) is 11.8 Å². The molecule has 2 fully saturated rings. The summed E-state index contributed by atoms with van der Waals surface area (Å²) in [6, 6.07) is 14.0. The van der Waals surface area contributed by atoms with Crippen molar-refractivity contribution in [3.8, 4) is 5.75 Å². The van der Waals surface area contributed by atoms with Crippen LogP contribution in [0.15, 0.2) is 53.0 Å². The second kappa shape index (κ2) is 12.1. The van der Waals surface area contributed by atoms with Crippen LogP contribution >= 0.6 is 28.1 Å². The number of nitrogens with zero attached hydrogens (tertiary/aromatic N) is 4. The highest BCUT2D eigenvalue weighted by atomic mass is 79.9. The summed E-state index contributed by atoms with van der Waals surface area (Å²) in [6.07, 6.45) is 0.873. The van der Waals surface area contributed by atoms with E-state index in [2.05, 4.69) is 38.1 Å². The van der Waals surface area contributed by atoms with Gasteiger partial charge in [-0.3, -0.25) is 14.5 Å². The van der Waals surface area contributed by atoms with Crippen molar-refractivity contribution >= 4 is 56.4 Å². The first kappa shape index (κ1) is 26.5. The van der Waals surface area contributed by atoms with Crippen LogP contribution in [0.25, 0.3) is 0 Å². The third-order valence-corrected chi connectivity index (χ3v) is 7.55. The summed E-state index contributed by atoms with van der Waals surface area (Å²) in [5, 5.41) is 3.33. The van der Waals surface area contributed by atoms with E-state index in [4.69, 9.17) is 17.0 Å². The van der Waals surface area contributed by atoms with Crippen molar-refractivity contribution in [3.63, 3.8) is 0 Å². The van der Waals surface area contributed by atoms with E-state index in [0.717, 1.165) is 43.6 Å². The monoisotopic (exact) mass is 573 g/mol. The Bertz CT molecular complexity index is 1090. The first-order chi connectivity index (χ1) is 17.4. The molecule has 2 heterocycles. The summed E-state index contributed by atoms with van der Waals surface area (Å²) in [4.78, 5) is 34.8. The summed E-state index contributed by atoms with van der Waals surface area (Å²) in [7, 11) is 3.73. The summed E-state index contributed by atoms with van der Waals surface area (Å²) < 4.78 is 6.27. The van der Waals surface area contributed by atoms with Crippen LogP contribution in [0.4, 0.5) is 11.4 Å². The number of thiocarbonyl (C=S) groups is 1. The van der Waals surface area contributed by atoms with Gasteiger partial charge in [0.2, 0.25) is 5.91 Å². The smallest absolute Gasteiger partial charge is 0.256 e. The summed E-state index contributed by atoms with van der Waals surface area (Å²) in [5.41, 5.74) is 1.33. The van der Waals surface area contributed by atoms with E-state index >= 15 is 0 Å². The molecule has 4 rings (SSSR count). The lowest BCUT2D eigenvalue weighted by Crippen LogP contribution is -2.45. The molecule has 2 amide bonds. The number of nitrogens with one attached hydrogen (secondary N) is 1. The molecule has 0 aromatic heterocycles. The molecule has 8 nitrogen and oxygen atoms in total. The van der Waals surface area contributed by atoms with Crippen molar-refractivity contribution < 1.29 is 14.3 Å². The predicted octanol–water partition coefficient (Wildman–Crippen LogP) is 3.43. The van der Waals surface area contributed by atoms with Crippen molar-refractivity contribution in [2.75, 3.05) is 63.6 Å². The summed E-state index contributed by atoms with van der Waals surface area (Å²) in [5.74, 6) is 0.218. The lowest BCUT2D eigenvalue weighted by molar-refractivity contribution is -0.124. The zero-order valence-corrected chi connectivity index (χ0v) is 23.1. The Hall–Kier alpha value is -2.53. The van der Waals surface area contributed by atoms with Crippen molar-refractivity contribution in [1.82, 2.24) is 14.7 Å². The number of methoxy groups -OCH3 is 1. The van der Waals surface area contributed by atoms with E-state index in [9.17, 15) is 9.59 Å². The zero-order valence-electron chi connectivity index (χ0n) is 20.7. The van der Waals surface area contributed by atoms with Crippen molar-refractivity contribution in [1.29, 1.82) is 0 Å². The highest BCUT2D eigenvalue weighted by molar-refractivity contribution is 9.10. The number of benzene rings is 2. The van der Waals surface area contributed by atoms with E-state index in [1.807, 2.05) is 47.4 Å². The molecule has 1 atom stereocenters. The van der Waals surface area contributed by atoms with Gasteiger partial charge in [0.05, 0.1) is 19.2 Å². The van der Waals surface area contributed by atoms with Gasteiger partial charge in [-0.2, -0.15) is 0 Å². The normalized spacial score (nSPS) is 19.1. The fourth-order valence-electron chi connectivity index (χ4n) is 4.53. The van der Waals surface area contributed by atoms with Crippen LogP contribution < -0.4 is 15.0 Å². The predicted molar refractivity (Wildman–Crippen MR) is 150 cm³/mol. The zero-order chi connectivity index (χ0) is 25.7. The fourth-order valence-corrected chi connectivity index (χ4v) is 5.21. The van der Waals surface area contributed by atoms with Gasteiger partial charge in [-0.25, -0.2) is 0 Å². The molecule has 0 spiro atoms. The maximum Gasteiger partial charge on any atom is 0.256 e. The lowest BCUT2D eigenvalue weighted by Gasteiger charge is -2.33. The first-order valence-electron chi connectivity index (χ1n) is 12.1. The van der Waals surface area contributed by atoms with Gasteiger partial charge in [-0.05, 0) is 68.6 Å². The third kappa shape index (κ3) is 6.42. The first-order valence-corrected chi connectivity index (χ1v) is 13.3. The SMILES string of the molecule is COc1cccc(N2C(=O)[C@H](CC(=O)Nc3ccc(Br)cc3)N(CCCN3CCN(C)CC3)C2=S)c1. The largest absolute Gasteiger partial charge is 0.497 e. The quantitative estimate of drug-likeness (QED) is 0.461. The van der Waals surface area contributed by atoms with E-state index in [-0.39, 0.29) is 18.2 Å². The molecule has 2 aromatic carbocycles. The molecule has 1 N–H and O–H groups in total. The third-order valence-electron chi connectivity index (χ3n) is 6.61. The molecule has 192 valence electrons. The number of piperazine rings is 1. The van der Waals surface area contributed by atoms with Crippen LogP contribution in [0.1, 0.15) is 12.8 Å². The van der Waals surface area contributed by atoms with Crippen LogP contribution in [-0.2, 0) is 9.59 Å². The molecule has 2 aliphatic heterocycles. The topological polar surface area (TPSA) is 68.4 Å². The van der Waals surface area contributed by atoms with Crippen LogP contribution in [0, 0.1) is 0 Å². The number of ether oxygens (including phenoxy) is 1. The lowest BCUT2D eigenvalue weighted by atomic mass is 10.1. The number of carbonyl (C=O) groups is 2. The van der Waals surface area contributed by atoms with Crippen molar-refractivity contribution in [2.24, 2.45) is 0 Å². The van der Waals surface area contributed by atoms with E-state index < -0.39 is 6.04 Å². The molecular formula is C26H32BrN5O3S.